The number of hydrogen-bond donors (Lipinski definition) is 0. The monoisotopic (exact) mass is 381 g/mol. The van der Waals surface area contributed by atoms with E-state index in [4.69, 9.17) is 0 Å². The smallest absolute Gasteiger partial charge is 0.254 e. The summed E-state index contributed by atoms with van der Waals surface area (Å²) in [7, 11) is 0. The largest absolute Gasteiger partial charge is 0.327 e. The number of carbonyl (C=O) groups is 1. The van der Waals surface area contributed by atoms with E-state index in [2.05, 4.69) is 36.4 Å². The fraction of sp³-hybridized carbons (Fsp3) is 0.192. The highest BCUT2D eigenvalue weighted by Crippen LogP contribution is 2.80. The van der Waals surface area contributed by atoms with Crippen LogP contribution < -0.4 is 0 Å². The summed E-state index contributed by atoms with van der Waals surface area (Å²) in [5, 5.41) is 0. The number of carbonyl (C=O) groups excluding carboxylic acids is 1. The fourth-order valence-corrected chi connectivity index (χ4v) is 5.90. The Morgan fingerprint density at radius 2 is 1.66 bits per heavy atom. The van der Waals surface area contributed by atoms with Crippen molar-refractivity contribution in [3.8, 4) is 0 Å². The molecule has 1 fully saturated rings. The second-order valence-electron chi connectivity index (χ2n) is 8.35. The van der Waals surface area contributed by atoms with Crippen molar-refractivity contribution in [1.29, 1.82) is 0 Å². The van der Waals surface area contributed by atoms with E-state index in [0.717, 1.165) is 17.5 Å². The van der Waals surface area contributed by atoms with E-state index in [1.165, 1.54) is 11.1 Å². The van der Waals surface area contributed by atoms with Crippen LogP contribution in [0.25, 0.3) is 0 Å². The predicted octanol–water partition coefficient (Wildman–Crippen LogP) is 5.27. The van der Waals surface area contributed by atoms with Crippen LogP contribution in [-0.4, -0.2) is 17.4 Å². The van der Waals surface area contributed by atoms with Crippen molar-refractivity contribution >= 4 is 5.91 Å². The molecular formula is C26H20FNO. The lowest BCUT2D eigenvalue weighted by Gasteiger charge is -2.38. The van der Waals surface area contributed by atoms with Crippen LogP contribution >= 0.6 is 0 Å². The van der Waals surface area contributed by atoms with Crippen molar-refractivity contribution in [2.75, 3.05) is 6.54 Å². The molecule has 3 aromatic rings. The molecule has 1 heterocycles. The Balaban J connectivity index is 1.52. The lowest BCUT2D eigenvalue weighted by atomic mass is 9.83. The molecule has 1 saturated carbocycles. The average Bonchev–Trinajstić information content (AvgIpc) is 3.35. The zero-order valence-electron chi connectivity index (χ0n) is 15.9. The van der Waals surface area contributed by atoms with Gasteiger partial charge in [-0.15, -0.1) is 0 Å². The van der Waals surface area contributed by atoms with Gasteiger partial charge < -0.3 is 4.90 Å². The summed E-state index contributed by atoms with van der Waals surface area (Å²) in [4.78, 5) is 15.5. The Morgan fingerprint density at radius 3 is 2.45 bits per heavy atom. The molecule has 0 bridgehead atoms. The molecule has 142 valence electrons. The van der Waals surface area contributed by atoms with E-state index in [1.54, 1.807) is 12.1 Å². The van der Waals surface area contributed by atoms with Gasteiger partial charge in [0.2, 0.25) is 0 Å². The first-order valence-corrected chi connectivity index (χ1v) is 10.1. The Morgan fingerprint density at radius 1 is 0.931 bits per heavy atom. The van der Waals surface area contributed by atoms with Crippen molar-refractivity contribution in [3.05, 3.63) is 119 Å². The summed E-state index contributed by atoms with van der Waals surface area (Å²) < 4.78 is 13.6. The van der Waals surface area contributed by atoms with Crippen LogP contribution in [0.5, 0.6) is 0 Å². The topological polar surface area (TPSA) is 20.3 Å². The van der Waals surface area contributed by atoms with Crippen LogP contribution in [0.15, 0.2) is 91.0 Å². The SMILES string of the molecule is O=C(c1ccccc1)N1CC=C[C@@]23C[C@]2(c2ccc(F)cc2)c2ccccc2[C@@H]13. The van der Waals surface area contributed by atoms with Crippen LogP contribution in [0.2, 0.25) is 0 Å². The fourth-order valence-electron chi connectivity index (χ4n) is 5.90. The number of nitrogens with zero attached hydrogens (tertiary/aromatic N) is 1. The van der Waals surface area contributed by atoms with Gasteiger partial charge in [-0.2, -0.15) is 0 Å². The first-order chi connectivity index (χ1) is 14.2. The Bertz CT molecular complexity index is 1150. The minimum absolute atomic E-state index is 0.00135. The van der Waals surface area contributed by atoms with E-state index in [0.29, 0.717) is 6.54 Å². The second kappa shape index (κ2) is 5.66. The molecule has 3 atom stereocenters. The Labute approximate surface area is 169 Å². The molecule has 29 heavy (non-hydrogen) atoms. The summed E-state index contributed by atoms with van der Waals surface area (Å²) in [6.45, 7) is 0.605. The maximum absolute atomic E-state index is 13.6. The molecule has 0 N–H and O–H groups in total. The zero-order valence-corrected chi connectivity index (χ0v) is 15.9. The van der Waals surface area contributed by atoms with Crippen molar-refractivity contribution in [2.45, 2.75) is 17.9 Å². The number of rotatable bonds is 2. The number of halogens is 1. The molecule has 1 spiro atoms. The van der Waals surface area contributed by atoms with Gasteiger partial charge in [0.1, 0.15) is 5.82 Å². The molecule has 0 saturated heterocycles. The van der Waals surface area contributed by atoms with Crippen molar-refractivity contribution in [1.82, 2.24) is 4.90 Å². The van der Waals surface area contributed by atoms with Crippen molar-refractivity contribution in [2.24, 2.45) is 5.41 Å². The van der Waals surface area contributed by atoms with Crippen molar-refractivity contribution in [3.63, 3.8) is 0 Å². The summed E-state index contributed by atoms with van der Waals surface area (Å²) in [6.07, 6.45) is 5.40. The van der Waals surface area contributed by atoms with E-state index in [9.17, 15) is 9.18 Å². The molecule has 0 radical (unpaired) electrons. The van der Waals surface area contributed by atoms with Crippen LogP contribution in [0.1, 0.15) is 39.5 Å². The maximum Gasteiger partial charge on any atom is 0.254 e. The molecule has 1 amide bonds. The van der Waals surface area contributed by atoms with Gasteiger partial charge >= 0.3 is 0 Å². The molecule has 3 heteroatoms. The number of fused-ring (bicyclic) bond motifs is 3. The first kappa shape index (κ1) is 16.7. The maximum atomic E-state index is 13.6. The van der Waals surface area contributed by atoms with Gasteiger partial charge in [0.15, 0.2) is 0 Å². The van der Waals surface area contributed by atoms with Gasteiger partial charge in [-0.3, -0.25) is 4.79 Å². The van der Waals surface area contributed by atoms with Crippen molar-refractivity contribution < 1.29 is 9.18 Å². The van der Waals surface area contributed by atoms with E-state index < -0.39 is 0 Å². The molecule has 3 aliphatic rings. The summed E-state index contributed by atoms with van der Waals surface area (Å²) in [6, 6.07) is 24.9. The predicted molar refractivity (Wildman–Crippen MR) is 110 cm³/mol. The quantitative estimate of drug-likeness (QED) is 0.554. The first-order valence-electron chi connectivity index (χ1n) is 10.1. The van der Waals surface area contributed by atoms with E-state index >= 15 is 0 Å². The summed E-state index contributed by atoms with van der Waals surface area (Å²) in [5.74, 6) is -0.154. The third kappa shape index (κ3) is 2.02. The van der Waals surface area contributed by atoms with Gasteiger partial charge in [0.25, 0.3) is 5.91 Å². The molecule has 3 aromatic carbocycles. The van der Waals surface area contributed by atoms with Gasteiger partial charge in [0.05, 0.1) is 6.04 Å². The Kier molecular flexibility index (Phi) is 3.27. The molecule has 1 aliphatic heterocycles. The lowest BCUT2D eigenvalue weighted by molar-refractivity contribution is 0.0627. The molecule has 0 unspecified atom stereocenters. The molecule has 2 nitrogen and oxygen atoms in total. The summed E-state index contributed by atoms with van der Waals surface area (Å²) in [5.41, 5.74) is 4.00. The third-order valence-electron chi connectivity index (χ3n) is 7.08. The van der Waals surface area contributed by atoms with E-state index in [1.807, 2.05) is 47.4 Å². The van der Waals surface area contributed by atoms with Gasteiger partial charge in [-0.1, -0.05) is 66.7 Å². The van der Waals surface area contributed by atoms with Gasteiger partial charge in [-0.05, 0) is 47.4 Å². The molecule has 2 aliphatic carbocycles. The van der Waals surface area contributed by atoms with Gasteiger partial charge in [0, 0.05) is 22.9 Å². The van der Waals surface area contributed by atoms with Gasteiger partial charge in [-0.25, -0.2) is 4.39 Å². The number of hydrogen-bond acceptors (Lipinski definition) is 1. The second-order valence-corrected chi connectivity index (χ2v) is 8.35. The molecular weight excluding hydrogens is 361 g/mol. The van der Waals surface area contributed by atoms with Crippen LogP contribution in [0.4, 0.5) is 4.39 Å². The highest BCUT2D eigenvalue weighted by Gasteiger charge is 2.77. The van der Waals surface area contributed by atoms with Crippen LogP contribution in [0.3, 0.4) is 0 Å². The average molecular weight is 381 g/mol. The summed E-state index contributed by atoms with van der Waals surface area (Å²) >= 11 is 0. The lowest BCUT2D eigenvalue weighted by Crippen LogP contribution is -2.41. The minimum Gasteiger partial charge on any atom is -0.327 e. The highest BCUT2D eigenvalue weighted by atomic mass is 19.1. The highest BCUT2D eigenvalue weighted by molar-refractivity contribution is 5.95. The number of benzene rings is 3. The third-order valence-corrected chi connectivity index (χ3v) is 7.08. The zero-order chi connectivity index (χ0) is 19.6. The normalized spacial score (nSPS) is 28.4. The van der Waals surface area contributed by atoms with Crippen LogP contribution in [0, 0.1) is 11.2 Å². The molecule has 6 rings (SSSR count). The molecule has 0 aromatic heterocycles. The standard InChI is InChI=1S/C26H20FNO/c27-20-13-11-19(12-14-20)26-17-25(26)15-6-16-28(24(29)18-7-2-1-3-8-18)23(25)21-9-4-5-10-22(21)26/h1-15,23H,16-17H2/t23-,25+,26+/m1/s1. The Hall–Kier alpha value is -3.20. The number of amides is 1. The van der Waals surface area contributed by atoms with Crippen LogP contribution in [-0.2, 0) is 5.41 Å². The minimum atomic E-state index is -0.220. The van der Waals surface area contributed by atoms with E-state index in [-0.39, 0.29) is 28.6 Å².